The molecule has 21 heavy (non-hydrogen) atoms. The molecule has 2 aromatic rings. The van der Waals surface area contributed by atoms with Gasteiger partial charge in [-0.1, -0.05) is 6.07 Å². The lowest BCUT2D eigenvalue weighted by Gasteiger charge is -2.17. The van der Waals surface area contributed by atoms with Crippen molar-refractivity contribution in [3.8, 4) is 0 Å². The van der Waals surface area contributed by atoms with Crippen LogP contribution in [0.2, 0.25) is 0 Å². The molecule has 0 aromatic heterocycles. The number of ketones is 1. The number of carbonyl (C=O) groups excluding carboxylic acids is 2. The normalized spacial score (nSPS) is 13.1. The van der Waals surface area contributed by atoms with E-state index in [2.05, 4.69) is 0 Å². The zero-order valence-corrected chi connectivity index (χ0v) is 11.6. The van der Waals surface area contributed by atoms with Crippen LogP contribution in [0.25, 0.3) is 0 Å². The van der Waals surface area contributed by atoms with Gasteiger partial charge in [0, 0.05) is 23.4 Å². The molecule has 3 rings (SSSR count). The molecule has 0 aliphatic carbocycles. The number of fused-ring (bicyclic) bond motifs is 1. The average Bonchev–Trinajstić information content (AvgIpc) is 2.89. The predicted molar refractivity (Wildman–Crippen MR) is 78.2 cm³/mol. The number of benzene rings is 2. The Morgan fingerprint density at radius 2 is 1.90 bits per heavy atom. The molecule has 2 aromatic carbocycles. The van der Waals surface area contributed by atoms with Gasteiger partial charge in [-0.25, -0.2) is 4.39 Å². The lowest BCUT2D eigenvalue weighted by Crippen LogP contribution is -2.28. The minimum absolute atomic E-state index is 0.00714. The highest BCUT2D eigenvalue weighted by atomic mass is 19.1. The first-order valence-corrected chi connectivity index (χ1v) is 6.77. The highest BCUT2D eigenvalue weighted by Gasteiger charge is 2.26. The Morgan fingerprint density at radius 3 is 2.62 bits per heavy atom. The number of hydrogen-bond donors (Lipinski definition) is 0. The Labute approximate surface area is 122 Å². The Balaban J connectivity index is 1.94. The van der Waals surface area contributed by atoms with Crippen LogP contribution in [0.3, 0.4) is 0 Å². The number of amides is 1. The minimum Gasteiger partial charge on any atom is -0.308 e. The Kier molecular flexibility index (Phi) is 3.29. The van der Waals surface area contributed by atoms with Crippen molar-refractivity contribution >= 4 is 17.4 Å². The quantitative estimate of drug-likeness (QED) is 0.793. The number of rotatable bonds is 2. The van der Waals surface area contributed by atoms with Crippen LogP contribution in [0.1, 0.15) is 33.2 Å². The maximum atomic E-state index is 13.2. The van der Waals surface area contributed by atoms with Crippen molar-refractivity contribution in [2.75, 3.05) is 11.4 Å². The van der Waals surface area contributed by atoms with Crippen LogP contribution in [0.5, 0.6) is 0 Å². The topological polar surface area (TPSA) is 37.4 Å². The third-order valence-corrected chi connectivity index (χ3v) is 3.70. The summed E-state index contributed by atoms with van der Waals surface area (Å²) >= 11 is 0. The molecule has 4 heteroatoms. The summed E-state index contributed by atoms with van der Waals surface area (Å²) in [6.45, 7) is 2.07. The van der Waals surface area contributed by atoms with Crippen LogP contribution in [0, 0.1) is 5.82 Å². The van der Waals surface area contributed by atoms with Gasteiger partial charge in [0.2, 0.25) is 0 Å². The zero-order chi connectivity index (χ0) is 15.0. The summed E-state index contributed by atoms with van der Waals surface area (Å²) in [6, 6.07) is 11.0. The van der Waals surface area contributed by atoms with Gasteiger partial charge in [0.15, 0.2) is 5.78 Å². The van der Waals surface area contributed by atoms with E-state index in [9.17, 15) is 14.0 Å². The van der Waals surface area contributed by atoms with Crippen LogP contribution in [-0.4, -0.2) is 18.2 Å². The van der Waals surface area contributed by atoms with Gasteiger partial charge in [0.25, 0.3) is 5.91 Å². The summed E-state index contributed by atoms with van der Waals surface area (Å²) in [5, 5.41) is 0. The first-order valence-electron chi connectivity index (χ1n) is 6.77. The number of anilines is 1. The number of nitrogens with zero attached hydrogens (tertiary/aromatic N) is 1. The lowest BCUT2D eigenvalue weighted by molar-refractivity contribution is 0.0987. The van der Waals surface area contributed by atoms with Crippen LogP contribution in [0.4, 0.5) is 10.1 Å². The maximum absolute atomic E-state index is 13.2. The van der Waals surface area contributed by atoms with Gasteiger partial charge in [-0.3, -0.25) is 9.59 Å². The second kappa shape index (κ2) is 5.13. The molecule has 1 aliphatic heterocycles. The van der Waals surface area contributed by atoms with Crippen LogP contribution >= 0.6 is 0 Å². The number of Topliss-reactive ketones (excluding diaryl/α,β-unsaturated/α-hetero) is 1. The molecule has 3 nitrogen and oxygen atoms in total. The maximum Gasteiger partial charge on any atom is 0.258 e. The van der Waals surface area contributed by atoms with E-state index in [0.717, 1.165) is 11.3 Å². The molecule has 0 fully saturated rings. The molecule has 0 saturated carbocycles. The molecular formula is C17H14FNO2. The Bertz CT molecular complexity index is 739. The minimum atomic E-state index is -0.424. The monoisotopic (exact) mass is 283 g/mol. The Hall–Kier alpha value is -2.49. The molecule has 0 bridgehead atoms. The van der Waals surface area contributed by atoms with Gasteiger partial charge in [0.05, 0.1) is 0 Å². The van der Waals surface area contributed by atoms with E-state index in [1.807, 2.05) is 6.07 Å². The van der Waals surface area contributed by atoms with Gasteiger partial charge in [-0.2, -0.15) is 0 Å². The van der Waals surface area contributed by atoms with Crippen molar-refractivity contribution in [2.45, 2.75) is 13.3 Å². The van der Waals surface area contributed by atoms with E-state index >= 15 is 0 Å². The fraction of sp³-hybridized carbons (Fsp3) is 0.176. The largest absolute Gasteiger partial charge is 0.308 e. The molecule has 1 aliphatic rings. The molecular weight excluding hydrogens is 269 g/mol. The molecule has 106 valence electrons. The van der Waals surface area contributed by atoms with Gasteiger partial charge >= 0.3 is 0 Å². The van der Waals surface area contributed by atoms with E-state index in [0.29, 0.717) is 24.1 Å². The second-order valence-corrected chi connectivity index (χ2v) is 5.12. The van der Waals surface area contributed by atoms with E-state index in [-0.39, 0.29) is 11.7 Å². The fourth-order valence-corrected chi connectivity index (χ4v) is 2.61. The highest BCUT2D eigenvalue weighted by molar-refractivity contribution is 6.07. The second-order valence-electron chi connectivity index (χ2n) is 5.12. The predicted octanol–water partition coefficient (Wildman–Crippen LogP) is 3.23. The molecule has 0 saturated heterocycles. The summed E-state index contributed by atoms with van der Waals surface area (Å²) in [7, 11) is 0. The van der Waals surface area contributed by atoms with Crippen molar-refractivity contribution in [3.63, 3.8) is 0 Å². The summed E-state index contributed by atoms with van der Waals surface area (Å²) < 4.78 is 13.2. The van der Waals surface area contributed by atoms with Crippen molar-refractivity contribution in [1.82, 2.24) is 0 Å². The Morgan fingerprint density at radius 1 is 1.10 bits per heavy atom. The molecule has 0 spiro atoms. The molecule has 0 unspecified atom stereocenters. The number of hydrogen-bond acceptors (Lipinski definition) is 2. The van der Waals surface area contributed by atoms with Gasteiger partial charge < -0.3 is 4.90 Å². The van der Waals surface area contributed by atoms with Crippen LogP contribution in [-0.2, 0) is 6.42 Å². The summed E-state index contributed by atoms with van der Waals surface area (Å²) in [5.41, 5.74) is 2.76. The molecule has 0 atom stereocenters. The fourth-order valence-electron chi connectivity index (χ4n) is 2.61. The highest BCUT2D eigenvalue weighted by Crippen LogP contribution is 2.30. The third-order valence-electron chi connectivity index (χ3n) is 3.70. The van der Waals surface area contributed by atoms with E-state index in [1.165, 1.54) is 25.1 Å². The molecule has 1 amide bonds. The van der Waals surface area contributed by atoms with Gasteiger partial charge in [0.1, 0.15) is 5.82 Å². The standard InChI is InChI=1S/C17H14FNO2/c1-11(20)12-5-6-16-13(9-12)7-8-19(16)17(21)14-3-2-4-15(18)10-14/h2-6,9-10H,7-8H2,1H3. The zero-order valence-electron chi connectivity index (χ0n) is 11.6. The van der Waals surface area contributed by atoms with Crippen molar-refractivity contribution < 1.29 is 14.0 Å². The average molecular weight is 283 g/mol. The molecule has 0 N–H and O–H groups in total. The smallest absolute Gasteiger partial charge is 0.258 e. The van der Waals surface area contributed by atoms with Crippen molar-refractivity contribution in [3.05, 3.63) is 65.0 Å². The van der Waals surface area contributed by atoms with E-state index in [1.54, 1.807) is 23.1 Å². The first kappa shape index (κ1) is 13.5. The molecule has 1 heterocycles. The van der Waals surface area contributed by atoms with E-state index < -0.39 is 5.82 Å². The third kappa shape index (κ3) is 2.44. The summed E-state index contributed by atoms with van der Waals surface area (Å²) in [6.07, 6.45) is 0.706. The SMILES string of the molecule is CC(=O)c1ccc2c(c1)CCN2C(=O)c1cccc(F)c1. The number of halogens is 1. The van der Waals surface area contributed by atoms with Crippen LogP contribution < -0.4 is 4.90 Å². The molecule has 0 radical (unpaired) electrons. The van der Waals surface area contributed by atoms with E-state index in [4.69, 9.17) is 0 Å². The summed E-state index contributed by atoms with van der Waals surface area (Å²) in [5.74, 6) is -0.635. The lowest BCUT2D eigenvalue weighted by atomic mass is 10.1. The van der Waals surface area contributed by atoms with Crippen molar-refractivity contribution in [1.29, 1.82) is 0 Å². The first-order chi connectivity index (χ1) is 10.1. The summed E-state index contributed by atoms with van der Waals surface area (Å²) in [4.78, 5) is 25.5. The van der Waals surface area contributed by atoms with Crippen LogP contribution in [0.15, 0.2) is 42.5 Å². The van der Waals surface area contributed by atoms with Crippen molar-refractivity contribution in [2.24, 2.45) is 0 Å². The van der Waals surface area contributed by atoms with Gasteiger partial charge in [-0.05, 0) is 55.3 Å². The van der Waals surface area contributed by atoms with Gasteiger partial charge in [-0.15, -0.1) is 0 Å². The number of carbonyl (C=O) groups is 2.